The average Bonchev–Trinajstić information content (AvgIpc) is 2.76. The number of hydrogen-bond acceptors (Lipinski definition) is 3. The van der Waals surface area contributed by atoms with E-state index in [1.54, 1.807) is 0 Å². The molecule has 23 heavy (non-hydrogen) atoms. The number of phenols is 1. The fourth-order valence-corrected chi connectivity index (χ4v) is 6.10. The molecule has 3 aliphatic carbocycles. The Bertz CT molecular complexity index is 593. The molecule has 0 amide bonds. The predicted molar refractivity (Wildman–Crippen MR) is 94.2 cm³/mol. The number of halogens is 1. The third-order valence-electron chi connectivity index (χ3n) is 7.05. The lowest BCUT2D eigenvalue weighted by Crippen LogP contribution is -2.49. The molecule has 2 fully saturated rings. The van der Waals surface area contributed by atoms with Crippen LogP contribution in [0.2, 0.25) is 0 Å². The van der Waals surface area contributed by atoms with Crippen LogP contribution in [-0.2, 0) is 6.42 Å². The van der Waals surface area contributed by atoms with Crippen molar-refractivity contribution in [1.29, 1.82) is 0 Å². The maximum Gasteiger partial charge on any atom is 0.115 e. The van der Waals surface area contributed by atoms with Gasteiger partial charge in [0.1, 0.15) is 5.75 Å². The molecule has 0 heterocycles. The zero-order chi connectivity index (χ0) is 15.5. The highest BCUT2D eigenvalue weighted by Crippen LogP contribution is 2.60. The van der Waals surface area contributed by atoms with Crippen LogP contribution in [-0.4, -0.2) is 29.4 Å². The standard InChI is InChI=1S/C19H27NO2.ClH/c1-19-8-7-14-13-6-4-12(21)9-11(13)3-5-15(14)16(19)10-17(22)18(19)20-2;/h4,6,9,14-18,20-22H,3,5,7-8,10H2,1-2H3;1H/t14-,15-,16+,17+,18+,19+;/m1./s1. The maximum absolute atomic E-state index is 10.5. The molecule has 0 saturated heterocycles. The summed E-state index contributed by atoms with van der Waals surface area (Å²) in [6, 6.07) is 6.18. The van der Waals surface area contributed by atoms with Crippen molar-refractivity contribution in [2.24, 2.45) is 17.3 Å². The molecule has 0 aliphatic heterocycles. The topological polar surface area (TPSA) is 52.5 Å². The highest BCUT2D eigenvalue weighted by Gasteiger charge is 2.57. The van der Waals surface area contributed by atoms with Crippen LogP contribution < -0.4 is 5.32 Å². The van der Waals surface area contributed by atoms with Crippen molar-refractivity contribution in [1.82, 2.24) is 5.32 Å². The number of nitrogens with one attached hydrogen (secondary N) is 1. The molecule has 3 nitrogen and oxygen atoms in total. The zero-order valence-corrected chi connectivity index (χ0v) is 14.8. The monoisotopic (exact) mass is 337 g/mol. The Labute approximate surface area is 144 Å². The quantitative estimate of drug-likeness (QED) is 0.737. The molecule has 2 saturated carbocycles. The smallest absolute Gasteiger partial charge is 0.115 e. The van der Waals surface area contributed by atoms with Crippen LogP contribution in [0, 0.1) is 17.3 Å². The number of benzene rings is 1. The minimum absolute atomic E-state index is 0. The molecule has 3 N–H and O–H groups in total. The van der Waals surface area contributed by atoms with Crippen molar-refractivity contribution < 1.29 is 10.2 Å². The van der Waals surface area contributed by atoms with E-state index in [0.717, 1.165) is 12.8 Å². The molecule has 6 atom stereocenters. The van der Waals surface area contributed by atoms with E-state index in [0.29, 0.717) is 23.5 Å². The zero-order valence-electron chi connectivity index (χ0n) is 14.0. The first-order valence-corrected chi connectivity index (χ1v) is 8.71. The van der Waals surface area contributed by atoms with Gasteiger partial charge in [-0.25, -0.2) is 0 Å². The van der Waals surface area contributed by atoms with Crippen LogP contribution >= 0.6 is 12.4 Å². The third-order valence-corrected chi connectivity index (χ3v) is 7.05. The number of rotatable bonds is 1. The Morgan fingerprint density at radius 2 is 2.04 bits per heavy atom. The summed E-state index contributed by atoms with van der Waals surface area (Å²) in [5.74, 6) is 2.30. The number of aromatic hydroxyl groups is 1. The van der Waals surface area contributed by atoms with Gasteiger partial charge in [0.05, 0.1) is 6.10 Å². The molecule has 1 aromatic rings. The molecule has 4 rings (SSSR count). The molecular formula is C19H28ClNO2. The second-order valence-corrected chi connectivity index (χ2v) is 7.91. The molecule has 3 aliphatic rings. The van der Waals surface area contributed by atoms with E-state index < -0.39 is 0 Å². The number of aliphatic hydroxyl groups excluding tert-OH is 1. The molecule has 4 heteroatoms. The second kappa shape index (κ2) is 5.94. The van der Waals surface area contributed by atoms with Crippen molar-refractivity contribution in [3.05, 3.63) is 29.3 Å². The number of aliphatic hydroxyl groups is 1. The molecule has 0 bridgehead atoms. The summed E-state index contributed by atoms with van der Waals surface area (Å²) < 4.78 is 0. The summed E-state index contributed by atoms with van der Waals surface area (Å²) in [6.45, 7) is 2.39. The van der Waals surface area contributed by atoms with E-state index in [-0.39, 0.29) is 30.0 Å². The largest absolute Gasteiger partial charge is 0.508 e. The molecule has 128 valence electrons. The van der Waals surface area contributed by atoms with Crippen LogP contribution in [0.1, 0.15) is 49.7 Å². The van der Waals surface area contributed by atoms with Gasteiger partial charge in [-0.1, -0.05) is 13.0 Å². The summed E-state index contributed by atoms with van der Waals surface area (Å²) >= 11 is 0. The number of aryl methyl sites for hydroxylation is 1. The molecule has 0 unspecified atom stereocenters. The SMILES string of the molecule is CN[C@H]1[C@@H](O)C[C@H]2[C@@H]3CCc4cc(O)ccc4[C@H]3CC[C@@]21C.Cl. The highest BCUT2D eigenvalue weighted by atomic mass is 35.5. The van der Waals surface area contributed by atoms with Gasteiger partial charge in [0, 0.05) is 6.04 Å². The first kappa shape index (κ1) is 17.1. The summed E-state index contributed by atoms with van der Waals surface area (Å²) in [7, 11) is 1.99. The summed E-state index contributed by atoms with van der Waals surface area (Å²) in [5, 5.41) is 23.6. The molecule has 0 spiro atoms. The molecular weight excluding hydrogens is 310 g/mol. The second-order valence-electron chi connectivity index (χ2n) is 7.91. The normalized spacial score (nSPS) is 41.4. The van der Waals surface area contributed by atoms with Crippen molar-refractivity contribution in [2.75, 3.05) is 7.05 Å². The lowest BCUT2D eigenvalue weighted by Gasteiger charge is -2.50. The van der Waals surface area contributed by atoms with Gasteiger partial charge in [-0.2, -0.15) is 0 Å². The van der Waals surface area contributed by atoms with Crippen LogP contribution in [0.25, 0.3) is 0 Å². The van der Waals surface area contributed by atoms with Gasteiger partial charge in [0.25, 0.3) is 0 Å². The Morgan fingerprint density at radius 1 is 1.26 bits per heavy atom. The lowest BCUT2D eigenvalue weighted by atomic mass is 9.55. The number of hydrogen-bond donors (Lipinski definition) is 3. The van der Waals surface area contributed by atoms with Crippen molar-refractivity contribution in [3.8, 4) is 5.75 Å². The van der Waals surface area contributed by atoms with E-state index in [4.69, 9.17) is 0 Å². The van der Waals surface area contributed by atoms with Crippen LogP contribution in [0.15, 0.2) is 18.2 Å². The van der Waals surface area contributed by atoms with E-state index in [1.807, 2.05) is 19.2 Å². The van der Waals surface area contributed by atoms with Gasteiger partial charge in [-0.05, 0) is 85.6 Å². The Balaban J connectivity index is 0.00000156. The molecule has 0 radical (unpaired) electrons. The summed E-state index contributed by atoms with van der Waals surface area (Å²) in [5.41, 5.74) is 3.02. The van der Waals surface area contributed by atoms with Crippen LogP contribution in [0.4, 0.5) is 0 Å². The molecule has 0 aromatic heterocycles. The minimum atomic E-state index is -0.208. The van der Waals surface area contributed by atoms with Gasteiger partial charge in [0.2, 0.25) is 0 Å². The number of likely N-dealkylation sites (N-methyl/N-ethyl adjacent to an activating group) is 1. The van der Waals surface area contributed by atoms with Gasteiger partial charge in [0.15, 0.2) is 0 Å². The Hall–Kier alpha value is -0.770. The summed E-state index contributed by atoms with van der Waals surface area (Å²) in [6.07, 6.45) is 5.39. The molecule has 1 aromatic carbocycles. The summed E-state index contributed by atoms with van der Waals surface area (Å²) in [4.78, 5) is 0. The van der Waals surface area contributed by atoms with Gasteiger partial charge >= 0.3 is 0 Å². The average molecular weight is 338 g/mol. The number of phenolic OH excluding ortho intramolecular Hbond substituents is 1. The van der Waals surface area contributed by atoms with Gasteiger partial charge in [-0.15, -0.1) is 12.4 Å². The van der Waals surface area contributed by atoms with Crippen LogP contribution in [0.3, 0.4) is 0 Å². The van der Waals surface area contributed by atoms with Crippen LogP contribution in [0.5, 0.6) is 5.75 Å². The van der Waals surface area contributed by atoms with E-state index in [9.17, 15) is 10.2 Å². The van der Waals surface area contributed by atoms with Crippen molar-refractivity contribution >= 4 is 12.4 Å². The number of fused-ring (bicyclic) bond motifs is 5. The van der Waals surface area contributed by atoms with E-state index in [2.05, 4.69) is 18.3 Å². The van der Waals surface area contributed by atoms with Crippen molar-refractivity contribution in [3.63, 3.8) is 0 Å². The Kier molecular flexibility index (Phi) is 4.41. The Morgan fingerprint density at radius 3 is 2.78 bits per heavy atom. The first-order valence-electron chi connectivity index (χ1n) is 8.71. The van der Waals surface area contributed by atoms with E-state index in [1.165, 1.54) is 30.4 Å². The van der Waals surface area contributed by atoms with Gasteiger partial charge < -0.3 is 15.5 Å². The highest BCUT2D eigenvalue weighted by molar-refractivity contribution is 5.85. The minimum Gasteiger partial charge on any atom is -0.508 e. The predicted octanol–water partition coefficient (Wildman–Crippen LogP) is 3.23. The fraction of sp³-hybridized carbons (Fsp3) is 0.684. The first-order chi connectivity index (χ1) is 10.5. The van der Waals surface area contributed by atoms with E-state index >= 15 is 0 Å². The third kappa shape index (κ3) is 2.40. The van der Waals surface area contributed by atoms with Crippen molar-refractivity contribution in [2.45, 2.75) is 57.1 Å². The van der Waals surface area contributed by atoms with Gasteiger partial charge in [-0.3, -0.25) is 0 Å². The lowest BCUT2D eigenvalue weighted by molar-refractivity contribution is 0.0382. The fourth-order valence-electron chi connectivity index (χ4n) is 6.10. The maximum atomic E-state index is 10.5.